The van der Waals surface area contributed by atoms with Crippen LogP contribution < -0.4 is 0 Å². The number of para-hydroxylation sites is 3. The molecule has 1 fully saturated rings. The first kappa shape index (κ1) is 17.0. The van der Waals surface area contributed by atoms with Crippen molar-refractivity contribution in [1.29, 1.82) is 0 Å². The van der Waals surface area contributed by atoms with E-state index < -0.39 is 0 Å². The number of amides is 1. The van der Waals surface area contributed by atoms with E-state index in [4.69, 9.17) is 4.98 Å². The van der Waals surface area contributed by atoms with Gasteiger partial charge >= 0.3 is 0 Å². The summed E-state index contributed by atoms with van der Waals surface area (Å²) in [7, 11) is 0. The predicted molar refractivity (Wildman–Crippen MR) is 111 cm³/mol. The van der Waals surface area contributed by atoms with E-state index in [0.29, 0.717) is 12.3 Å². The molecular weight excluding hydrogens is 348 g/mol. The number of carbonyl (C=O) groups excluding carboxylic acids is 1. The molecule has 2 aromatic carbocycles. The first-order valence-electron chi connectivity index (χ1n) is 10.0. The molecule has 1 aliphatic heterocycles. The molecule has 0 saturated carbocycles. The van der Waals surface area contributed by atoms with Crippen LogP contribution in [0.3, 0.4) is 0 Å². The van der Waals surface area contributed by atoms with Gasteiger partial charge in [0.25, 0.3) is 0 Å². The summed E-state index contributed by atoms with van der Waals surface area (Å²) >= 11 is 0. The summed E-state index contributed by atoms with van der Waals surface area (Å²) in [5.41, 5.74) is 3.31. The lowest BCUT2D eigenvalue weighted by Gasteiger charge is -2.31. The normalized spacial score (nSPS) is 15.5. The van der Waals surface area contributed by atoms with E-state index in [9.17, 15) is 4.79 Å². The number of carbonyl (C=O) groups is 1. The zero-order valence-corrected chi connectivity index (χ0v) is 15.8. The summed E-state index contributed by atoms with van der Waals surface area (Å²) in [6.07, 6.45) is 4.57. The second kappa shape index (κ2) is 7.15. The first-order valence-corrected chi connectivity index (χ1v) is 10.0. The number of H-pyrrole nitrogens is 1. The number of nitrogens with one attached hydrogen (secondary N) is 1. The fourth-order valence-electron chi connectivity index (χ4n) is 4.28. The highest BCUT2D eigenvalue weighted by Gasteiger charge is 2.25. The van der Waals surface area contributed by atoms with Gasteiger partial charge in [-0.2, -0.15) is 0 Å². The Labute approximate surface area is 164 Å². The Balaban J connectivity index is 1.19. The lowest BCUT2D eigenvalue weighted by molar-refractivity contribution is -0.132. The van der Waals surface area contributed by atoms with Crippen molar-refractivity contribution in [2.75, 3.05) is 13.1 Å². The summed E-state index contributed by atoms with van der Waals surface area (Å²) in [5.74, 6) is 1.72. The molecule has 1 N–H and O–H groups in total. The van der Waals surface area contributed by atoms with E-state index in [1.54, 1.807) is 0 Å². The molecule has 0 atom stereocenters. The molecule has 5 nitrogen and oxygen atoms in total. The standard InChI is InChI=1S/C23H24N4O/c28-22(12-16-26-13-9-17-5-1-4-8-21(17)26)27-14-10-18(11-15-27)23-24-19-6-2-3-7-20(19)25-23/h1-9,13,18H,10-12,14-16H2,(H,24,25). The smallest absolute Gasteiger partial charge is 0.224 e. The molecule has 0 spiro atoms. The number of nitrogens with zero attached hydrogens (tertiary/aromatic N) is 3. The topological polar surface area (TPSA) is 53.9 Å². The lowest BCUT2D eigenvalue weighted by atomic mass is 9.96. The van der Waals surface area contributed by atoms with Crippen molar-refractivity contribution < 1.29 is 4.79 Å². The molecule has 0 bridgehead atoms. The molecule has 142 valence electrons. The highest BCUT2D eigenvalue weighted by molar-refractivity contribution is 5.80. The van der Waals surface area contributed by atoms with Crippen LogP contribution in [0.4, 0.5) is 0 Å². The summed E-state index contributed by atoms with van der Waals surface area (Å²) < 4.78 is 2.17. The third-order valence-corrected chi connectivity index (χ3v) is 5.89. The molecule has 0 radical (unpaired) electrons. The molecule has 5 heteroatoms. The van der Waals surface area contributed by atoms with E-state index in [1.807, 2.05) is 35.2 Å². The molecule has 1 aliphatic rings. The number of aryl methyl sites for hydroxylation is 1. The number of likely N-dealkylation sites (tertiary alicyclic amines) is 1. The maximum Gasteiger partial charge on any atom is 0.224 e. The monoisotopic (exact) mass is 372 g/mol. The van der Waals surface area contributed by atoms with Gasteiger partial charge in [-0.3, -0.25) is 4.79 Å². The minimum absolute atomic E-state index is 0.251. The maximum atomic E-state index is 12.7. The number of piperidine rings is 1. The van der Waals surface area contributed by atoms with Gasteiger partial charge in [-0.1, -0.05) is 30.3 Å². The lowest BCUT2D eigenvalue weighted by Crippen LogP contribution is -2.38. The zero-order valence-electron chi connectivity index (χ0n) is 15.8. The van der Waals surface area contributed by atoms with Crippen LogP contribution in [-0.2, 0) is 11.3 Å². The number of hydrogen-bond donors (Lipinski definition) is 1. The van der Waals surface area contributed by atoms with Crippen LogP contribution in [0.15, 0.2) is 60.8 Å². The van der Waals surface area contributed by atoms with E-state index in [0.717, 1.165) is 49.3 Å². The van der Waals surface area contributed by atoms with Gasteiger partial charge in [-0.15, -0.1) is 0 Å². The molecule has 0 aliphatic carbocycles. The number of aromatic nitrogens is 3. The van der Waals surface area contributed by atoms with Crippen molar-refractivity contribution in [2.24, 2.45) is 0 Å². The minimum Gasteiger partial charge on any atom is -0.347 e. The fourth-order valence-corrected chi connectivity index (χ4v) is 4.28. The van der Waals surface area contributed by atoms with Crippen LogP contribution in [0.5, 0.6) is 0 Å². The van der Waals surface area contributed by atoms with Crippen LogP contribution in [0, 0.1) is 0 Å². The van der Waals surface area contributed by atoms with Gasteiger partial charge in [0.15, 0.2) is 0 Å². The number of rotatable bonds is 4. The third kappa shape index (κ3) is 3.17. The Morgan fingerprint density at radius 1 is 1.04 bits per heavy atom. The van der Waals surface area contributed by atoms with E-state index in [-0.39, 0.29) is 5.91 Å². The molecule has 2 aromatic heterocycles. The van der Waals surface area contributed by atoms with Crippen LogP contribution in [0.2, 0.25) is 0 Å². The SMILES string of the molecule is O=C(CCn1ccc2ccccc21)N1CCC(c2nc3ccccc3[nH]2)CC1. The fraction of sp³-hybridized carbons (Fsp3) is 0.304. The molecule has 1 amide bonds. The minimum atomic E-state index is 0.251. The van der Waals surface area contributed by atoms with Crippen molar-refractivity contribution in [3.8, 4) is 0 Å². The van der Waals surface area contributed by atoms with E-state index in [1.165, 1.54) is 10.9 Å². The summed E-state index contributed by atoms with van der Waals surface area (Å²) in [4.78, 5) is 22.9. The van der Waals surface area contributed by atoms with Crippen molar-refractivity contribution >= 4 is 27.8 Å². The summed E-state index contributed by atoms with van der Waals surface area (Å²) in [6.45, 7) is 2.36. The maximum absolute atomic E-state index is 12.7. The summed E-state index contributed by atoms with van der Waals surface area (Å²) in [5, 5.41) is 1.22. The molecular formula is C23H24N4O. The van der Waals surface area contributed by atoms with Crippen molar-refractivity contribution in [1.82, 2.24) is 19.4 Å². The van der Waals surface area contributed by atoms with Crippen LogP contribution in [-0.4, -0.2) is 38.4 Å². The van der Waals surface area contributed by atoms with Gasteiger partial charge in [0.1, 0.15) is 5.82 Å². The Kier molecular flexibility index (Phi) is 4.35. The highest BCUT2D eigenvalue weighted by Crippen LogP contribution is 2.28. The van der Waals surface area contributed by atoms with Crippen molar-refractivity contribution in [3.05, 3.63) is 66.6 Å². The molecule has 0 unspecified atom stereocenters. The van der Waals surface area contributed by atoms with Gasteiger partial charge in [0, 0.05) is 43.7 Å². The van der Waals surface area contributed by atoms with E-state index >= 15 is 0 Å². The Bertz CT molecular complexity index is 1080. The van der Waals surface area contributed by atoms with Crippen LogP contribution in [0.1, 0.15) is 31.0 Å². The Morgan fingerprint density at radius 2 is 1.82 bits per heavy atom. The first-order chi connectivity index (χ1) is 13.8. The van der Waals surface area contributed by atoms with Gasteiger partial charge in [-0.25, -0.2) is 4.98 Å². The summed E-state index contributed by atoms with van der Waals surface area (Å²) in [6, 6.07) is 18.6. The quantitative estimate of drug-likeness (QED) is 0.580. The molecule has 3 heterocycles. The second-order valence-corrected chi connectivity index (χ2v) is 7.61. The Hall–Kier alpha value is -3.08. The average Bonchev–Trinajstić information content (AvgIpc) is 3.36. The van der Waals surface area contributed by atoms with Gasteiger partial charge < -0.3 is 14.5 Å². The van der Waals surface area contributed by atoms with Crippen LogP contribution >= 0.6 is 0 Å². The molecule has 5 rings (SSSR count). The van der Waals surface area contributed by atoms with Gasteiger partial charge in [-0.05, 0) is 42.5 Å². The second-order valence-electron chi connectivity index (χ2n) is 7.61. The number of aromatic amines is 1. The van der Waals surface area contributed by atoms with Crippen molar-refractivity contribution in [3.63, 3.8) is 0 Å². The molecule has 28 heavy (non-hydrogen) atoms. The molecule has 1 saturated heterocycles. The highest BCUT2D eigenvalue weighted by atomic mass is 16.2. The third-order valence-electron chi connectivity index (χ3n) is 5.89. The number of hydrogen-bond acceptors (Lipinski definition) is 2. The van der Waals surface area contributed by atoms with Gasteiger partial charge in [0.05, 0.1) is 11.0 Å². The number of imidazole rings is 1. The van der Waals surface area contributed by atoms with Crippen molar-refractivity contribution in [2.45, 2.75) is 31.7 Å². The molecule has 4 aromatic rings. The Morgan fingerprint density at radius 3 is 2.68 bits per heavy atom. The largest absolute Gasteiger partial charge is 0.347 e. The number of benzene rings is 2. The van der Waals surface area contributed by atoms with Crippen LogP contribution in [0.25, 0.3) is 21.9 Å². The predicted octanol–water partition coefficient (Wildman–Crippen LogP) is 4.31. The van der Waals surface area contributed by atoms with E-state index in [2.05, 4.69) is 40.0 Å². The number of fused-ring (bicyclic) bond motifs is 2. The average molecular weight is 372 g/mol. The zero-order chi connectivity index (χ0) is 18.9. The van der Waals surface area contributed by atoms with Gasteiger partial charge in [0.2, 0.25) is 5.91 Å².